The van der Waals surface area contributed by atoms with Crippen molar-refractivity contribution in [3.8, 4) is 11.6 Å². The summed E-state index contributed by atoms with van der Waals surface area (Å²) in [6.07, 6.45) is 3.10. The van der Waals surface area contributed by atoms with Gasteiger partial charge in [-0.05, 0) is 42.8 Å². The molecule has 0 fully saturated rings. The van der Waals surface area contributed by atoms with Crippen molar-refractivity contribution < 1.29 is 14.8 Å². The number of hydrogen-bond donors (Lipinski definition) is 2. The summed E-state index contributed by atoms with van der Waals surface area (Å²) >= 11 is 0. The molecule has 27 heavy (non-hydrogen) atoms. The Morgan fingerprint density at radius 2 is 1.96 bits per heavy atom. The van der Waals surface area contributed by atoms with E-state index in [9.17, 15) is 20.0 Å². The Bertz CT molecular complexity index is 1100. The molecule has 0 aliphatic rings. The van der Waals surface area contributed by atoms with Gasteiger partial charge in [0.25, 0.3) is 5.88 Å². The fourth-order valence-electron chi connectivity index (χ4n) is 2.68. The van der Waals surface area contributed by atoms with Crippen LogP contribution in [0.2, 0.25) is 0 Å². The summed E-state index contributed by atoms with van der Waals surface area (Å²) in [5, 5.41) is 22.4. The highest BCUT2D eigenvalue weighted by atomic mass is 16.6. The number of ether oxygens (including phenoxy) is 1. The second-order valence-corrected chi connectivity index (χ2v) is 6.08. The van der Waals surface area contributed by atoms with Gasteiger partial charge in [0.15, 0.2) is 0 Å². The molecule has 0 unspecified atom stereocenters. The van der Waals surface area contributed by atoms with Gasteiger partial charge in [0, 0.05) is 5.56 Å². The number of aromatic hydroxyl groups is 1. The normalized spacial score (nSPS) is 11.4. The Hall–Kier alpha value is -3.68. The molecule has 2 aromatic carbocycles. The Labute approximate surface area is 153 Å². The lowest BCUT2D eigenvalue weighted by molar-refractivity contribution is -0.387. The summed E-state index contributed by atoms with van der Waals surface area (Å²) < 4.78 is 5.86. The maximum absolute atomic E-state index is 11.8. The number of H-pyrrole nitrogens is 1. The van der Waals surface area contributed by atoms with Crippen LogP contribution in [0.3, 0.4) is 0 Å². The molecule has 8 nitrogen and oxygen atoms in total. The van der Waals surface area contributed by atoms with Crippen molar-refractivity contribution in [1.82, 2.24) is 9.97 Å². The summed E-state index contributed by atoms with van der Waals surface area (Å²) in [6.45, 7) is 3.83. The van der Waals surface area contributed by atoms with Gasteiger partial charge < -0.3 is 14.8 Å². The van der Waals surface area contributed by atoms with Crippen LogP contribution in [0, 0.1) is 10.1 Å². The van der Waals surface area contributed by atoms with Crippen molar-refractivity contribution in [2.24, 2.45) is 0 Å². The first-order chi connectivity index (χ1) is 12.9. The molecule has 3 rings (SSSR count). The summed E-state index contributed by atoms with van der Waals surface area (Å²) in [4.78, 5) is 27.5. The van der Waals surface area contributed by atoms with Crippen LogP contribution in [0.1, 0.15) is 25.2 Å². The molecule has 138 valence electrons. The lowest BCUT2D eigenvalue weighted by Gasteiger charge is -2.14. The molecule has 0 radical (unpaired) electrons. The van der Waals surface area contributed by atoms with E-state index in [4.69, 9.17) is 4.74 Å². The number of benzene rings is 2. The van der Waals surface area contributed by atoms with E-state index in [1.165, 1.54) is 6.08 Å². The van der Waals surface area contributed by atoms with Crippen LogP contribution in [0.15, 0.2) is 41.2 Å². The van der Waals surface area contributed by atoms with E-state index in [0.717, 1.165) is 16.3 Å². The van der Waals surface area contributed by atoms with Crippen LogP contribution in [-0.4, -0.2) is 26.1 Å². The van der Waals surface area contributed by atoms with Crippen molar-refractivity contribution in [2.45, 2.75) is 20.0 Å². The zero-order valence-electron chi connectivity index (χ0n) is 14.7. The molecule has 0 atom stereocenters. The highest BCUT2D eigenvalue weighted by Gasteiger charge is 2.21. The zero-order chi connectivity index (χ0) is 19.6. The predicted molar refractivity (Wildman–Crippen MR) is 102 cm³/mol. The maximum atomic E-state index is 11.8. The molecular weight excluding hydrogens is 350 g/mol. The third kappa shape index (κ3) is 3.79. The number of nitrogens with one attached hydrogen (secondary N) is 1. The van der Waals surface area contributed by atoms with Crippen LogP contribution in [0.5, 0.6) is 11.6 Å². The first-order valence-corrected chi connectivity index (χ1v) is 8.21. The third-order valence-electron chi connectivity index (χ3n) is 3.78. The van der Waals surface area contributed by atoms with E-state index in [0.29, 0.717) is 5.75 Å². The maximum Gasteiger partial charge on any atom is 0.395 e. The highest BCUT2D eigenvalue weighted by molar-refractivity contribution is 5.95. The van der Waals surface area contributed by atoms with E-state index in [2.05, 4.69) is 9.97 Å². The Kier molecular flexibility index (Phi) is 4.89. The summed E-state index contributed by atoms with van der Waals surface area (Å²) in [6, 6.07) is 11.5. The monoisotopic (exact) mass is 367 g/mol. The number of nitrogens with zero attached hydrogens (tertiary/aromatic N) is 2. The number of nitro groups is 1. The lowest BCUT2D eigenvalue weighted by atomic mass is 10.0. The quantitative estimate of drug-likeness (QED) is 0.526. The number of fused-ring (bicyclic) bond motifs is 1. The molecule has 0 saturated heterocycles. The second kappa shape index (κ2) is 7.28. The van der Waals surface area contributed by atoms with Crippen LogP contribution >= 0.6 is 0 Å². The van der Waals surface area contributed by atoms with Gasteiger partial charge in [-0.2, -0.15) is 4.98 Å². The van der Waals surface area contributed by atoms with E-state index in [1.807, 2.05) is 50.2 Å². The van der Waals surface area contributed by atoms with Gasteiger partial charge in [0.05, 0.1) is 11.0 Å². The Balaban J connectivity index is 2.10. The molecule has 2 N–H and O–H groups in total. The van der Waals surface area contributed by atoms with Crippen molar-refractivity contribution in [1.29, 1.82) is 0 Å². The largest absolute Gasteiger partial charge is 0.490 e. The molecule has 8 heteroatoms. The van der Waals surface area contributed by atoms with E-state index in [-0.39, 0.29) is 11.9 Å². The van der Waals surface area contributed by atoms with Gasteiger partial charge in [-0.1, -0.05) is 30.3 Å². The van der Waals surface area contributed by atoms with Crippen LogP contribution < -0.4 is 10.3 Å². The van der Waals surface area contributed by atoms with Crippen LogP contribution in [-0.2, 0) is 0 Å². The molecule has 0 spiro atoms. The standard InChI is InChI=1S/C19H17N3O5/c1-11(2)27-15-9-7-12-5-3-4-6-13(12)14(15)8-10-16-20-18(23)17(22(25)26)19(24)21-16/h3-11H,1-2H3,(H2,20,21,23,24)/b10-8-. The number of aromatic nitrogens is 2. The second-order valence-electron chi connectivity index (χ2n) is 6.08. The van der Waals surface area contributed by atoms with Gasteiger partial charge in [-0.25, -0.2) is 0 Å². The van der Waals surface area contributed by atoms with Gasteiger partial charge in [0.1, 0.15) is 11.6 Å². The summed E-state index contributed by atoms with van der Waals surface area (Å²) in [5.41, 5.74) is -1.24. The van der Waals surface area contributed by atoms with E-state index < -0.39 is 22.0 Å². The smallest absolute Gasteiger partial charge is 0.395 e. The van der Waals surface area contributed by atoms with Crippen LogP contribution in [0.25, 0.3) is 22.9 Å². The minimum absolute atomic E-state index is 0.00784. The molecule has 3 aromatic rings. The summed E-state index contributed by atoms with van der Waals surface area (Å²) in [5.74, 6) is -0.292. The van der Waals surface area contributed by atoms with Crippen molar-refractivity contribution in [2.75, 3.05) is 0 Å². The Morgan fingerprint density at radius 3 is 2.63 bits per heavy atom. The van der Waals surface area contributed by atoms with Gasteiger partial charge >= 0.3 is 11.2 Å². The minimum Gasteiger partial charge on any atom is -0.490 e. The molecule has 1 heterocycles. The molecule has 0 bridgehead atoms. The number of rotatable bonds is 5. The number of aromatic amines is 1. The van der Waals surface area contributed by atoms with Gasteiger partial charge in [0.2, 0.25) is 0 Å². The van der Waals surface area contributed by atoms with Crippen molar-refractivity contribution in [3.63, 3.8) is 0 Å². The van der Waals surface area contributed by atoms with E-state index >= 15 is 0 Å². The topological polar surface area (TPSA) is 118 Å². The average molecular weight is 367 g/mol. The Morgan fingerprint density at radius 1 is 1.22 bits per heavy atom. The molecule has 0 aliphatic heterocycles. The third-order valence-corrected chi connectivity index (χ3v) is 3.78. The molecule has 0 saturated carbocycles. The predicted octanol–water partition coefficient (Wildman–Crippen LogP) is 3.49. The minimum atomic E-state index is -1.02. The molecule has 0 aliphatic carbocycles. The fourth-order valence-corrected chi connectivity index (χ4v) is 2.68. The first-order valence-electron chi connectivity index (χ1n) is 8.21. The van der Waals surface area contributed by atoms with Gasteiger partial charge in [-0.3, -0.25) is 14.9 Å². The SMILES string of the molecule is CC(C)Oc1ccc2ccccc2c1/C=C\c1nc(O)c([N+](=O)[O-])c(=O)[nH]1. The van der Waals surface area contributed by atoms with Gasteiger partial charge in [-0.15, -0.1) is 0 Å². The van der Waals surface area contributed by atoms with Crippen molar-refractivity contribution in [3.05, 3.63) is 68.3 Å². The zero-order valence-corrected chi connectivity index (χ0v) is 14.7. The number of hydrogen-bond acceptors (Lipinski definition) is 6. The fraction of sp³-hybridized carbons (Fsp3) is 0.158. The highest BCUT2D eigenvalue weighted by Crippen LogP contribution is 2.30. The average Bonchev–Trinajstić information content (AvgIpc) is 2.59. The lowest BCUT2D eigenvalue weighted by Crippen LogP contribution is -2.14. The van der Waals surface area contributed by atoms with E-state index in [1.54, 1.807) is 6.08 Å². The van der Waals surface area contributed by atoms with Crippen molar-refractivity contribution >= 4 is 28.6 Å². The first kappa shape index (κ1) is 18.1. The summed E-state index contributed by atoms with van der Waals surface area (Å²) in [7, 11) is 0. The molecule has 1 aromatic heterocycles. The molecular formula is C19H17N3O5. The molecule has 0 amide bonds. The van der Waals surface area contributed by atoms with Crippen LogP contribution in [0.4, 0.5) is 5.69 Å².